The second-order valence-corrected chi connectivity index (χ2v) is 6.43. The van der Waals surface area contributed by atoms with Gasteiger partial charge in [0.25, 0.3) is 0 Å². The van der Waals surface area contributed by atoms with Crippen molar-refractivity contribution in [3.05, 3.63) is 48.0 Å². The highest BCUT2D eigenvalue weighted by atomic mass is 16.2. The number of nitrogens with one attached hydrogen (secondary N) is 3. The molecule has 0 aliphatic carbocycles. The summed E-state index contributed by atoms with van der Waals surface area (Å²) in [6.45, 7) is 7.44. The van der Waals surface area contributed by atoms with Gasteiger partial charge in [0.15, 0.2) is 0 Å². The summed E-state index contributed by atoms with van der Waals surface area (Å²) < 4.78 is 2.10. The minimum absolute atomic E-state index is 0.0433. The van der Waals surface area contributed by atoms with Crippen LogP contribution in [0.2, 0.25) is 0 Å². The SMILES string of the molecule is CCCNC(=O)CNC(=O)Nc1cccc(Cn2ccnc2C(C)C)c1. The van der Waals surface area contributed by atoms with E-state index >= 15 is 0 Å². The standard InChI is InChI=1S/C19H27N5O2/c1-4-8-20-17(25)12-22-19(26)23-16-7-5-6-15(11-16)13-24-10-9-21-18(24)14(2)3/h5-7,9-11,14H,4,8,12-13H2,1-3H3,(H,20,25)(H2,22,23,26). The predicted octanol–water partition coefficient (Wildman–Crippen LogP) is 2.70. The van der Waals surface area contributed by atoms with E-state index in [9.17, 15) is 9.59 Å². The molecule has 26 heavy (non-hydrogen) atoms. The maximum atomic E-state index is 11.9. The molecule has 0 unspecified atom stereocenters. The molecule has 2 aromatic rings. The number of benzene rings is 1. The summed E-state index contributed by atoms with van der Waals surface area (Å²) in [4.78, 5) is 27.9. The Kier molecular flexibility index (Phi) is 7.20. The normalized spacial score (nSPS) is 10.6. The zero-order chi connectivity index (χ0) is 18.9. The molecule has 0 atom stereocenters. The van der Waals surface area contributed by atoms with E-state index in [0.29, 0.717) is 24.7 Å². The summed E-state index contributed by atoms with van der Waals surface area (Å²) in [5, 5.41) is 8.02. The molecular formula is C19H27N5O2. The Morgan fingerprint density at radius 2 is 2.04 bits per heavy atom. The van der Waals surface area contributed by atoms with Crippen molar-refractivity contribution in [3.63, 3.8) is 0 Å². The van der Waals surface area contributed by atoms with Gasteiger partial charge in [-0.25, -0.2) is 9.78 Å². The van der Waals surface area contributed by atoms with Gasteiger partial charge in [0.2, 0.25) is 5.91 Å². The van der Waals surface area contributed by atoms with Crippen LogP contribution in [-0.2, 0) is 11.3 Å². The van der Waals surface area contributed by atoms with Crippen molar-refractivity contribution in [2.75, 3.05) is 18.4 Å². The lowest BCUT2D eigenvalue weighted by molar-refractivity contribution is -0.120. The van der Waals surface area contributed by atoms with Crippen molar-refractivity contribution < 1.29 is 9.59 Å². The molecule has 140 valence electrons. The number of rotatable bonds is 8. The largest absolute Gasteiger partial charge is 0.355 e. The molecule has 2 rings (SSSR count). The monoisotopic (exact) mass is 357 g/mol. The second kappa shape index (κ2) is 9.60. The maximum Gasteiger partial charge on any atom is 0.319 e. The third-order valence-electron chi connectivity index (χ3n) is 3.78. The number of carbonyl (C=O) groups excluding carboxylic acids is 2. The van der Waals surface area contributed by atoms with Crippen molar-refractivity contribution in [1.82, 2.24) is 20.2 Å². The molecule has 0 aliphatic heterocycles. The molecule has 0 radical (unpaired) electrons. The zero-order valence-electron chi connectivity index (χ0n) is 15.6. The third-order valence-corrected chi connectivity index (χ3v) is 3.78. The van der Waals surface area contributed by atoms with Crippen LogP contribution in [0.1, 0.15) is 44.5 Å². The van der Waals surface area contributed by atoms with Crippen molar-refractivity contribution in [2.45, 2.75) is 39.7 Å². The Labute approximate surface area is 154 Å². The quantitative estimate of drug-likeness (QED) is 0.679. The Morgan fingerprint density at radius 3 is 2.77 bits per heavy atom. The maximum absolute atomic E-state index is 11.9. The summed E-state index contributed by atoms with van der Waals surface area (Å²) in [7, 11) is 0. The lowest BCUT2D eigenvalue weighted by atomic mass is 10.1. The van der Waals surface area contributed by atoms with Gasteiger partial charge in [-0.3, -0.25) is 4.79 Å². The van der Waals surface area contributed by atoms with Crippen LogP contribution in [0.5, 0.6) is 0 Å². The number of carbonyl (C=O) groups is 2. The van der Waals surface area contributed by atoms with E-state index < -0.39 is 6.03 Å². The average Bonchev–Trinajstić information content (AvgIpc) is 3.07. The van der Waals surface area contributed by atoms with E-state index in [2.05, 4.69) is 39.3 Å². The van der Waals surface area contributed by atoms with Gasteiger partial charge in [0.05, 0.1) is 6.54 Å². The molecule has 0 fully saturated rings. The van der Waals surface area contributed by atoms with Crippen molar-refractivity contribution >= 4 is 17.6 Å². The highest BCUT2D eigenvalue weighted by Crippen LogP contribution is 2.16. The Balaban J connectivity index is 1.91. The number of aromatic nitrogens is 2. The first-order valence-corrected chi connectivity index (χ1v) is 8.91. The molecule has 0 spiro atoms. The van der Waals surface area contributed by atoms with Crippen molar-refractivity contribution in [3.8, 4) is 0 Å². The molecule has 0 bridgehead atoms. The number of nitrogens with zero attached hydrogens (tertiary/aromatic N) is 2. The molecule has 3 N–H and O–H groups in total. The van der Waals surface area contributed by atoms with Crippen LogP contribution in [0.3, 0.4) is 0 Å². The first-order valence-electron chi connectivity index (χ1n) is 8.91. The van der Waals surface area contributed by atoms with E-state index in [4.69, 9.17) is 0 Å². The fraction of sp³-hybridized carbons (Fsp3) is 0.421. The van der Waals surface area contributed by atoms with Gasteiger partial charge in [-0.2, -0.15) is 0 Å². The molecule has 1 heterocycles. The minimum atomic E-state index is -0.403. The highest BCUT2D eigenvalue weighted by molar-refractivity contribution is 5.92. The predicted molar refractivity (Wildman–Crippen MR) is 102 cm³/mol. The Hall–Kier alpha value is -2.83. The lowest BCUT2D eigenvalue weighted by Crippen LogP contribution is -2.39. The van der Waals surface area contributed by atoms with Gasteiger partial charge in [-0.1, -0.05) is 32.9 Å². The van der Waals surface area contributed by atoms with Gasteiger partial charge in [-0.15, -0.1) is 0 Å². The summed E-state index contributed by atoms with van der Waals surface area (Å²) in [6.07, 6.45) is 4.62. The minimum Gasteiger partial charge on any atom is -0.355 e. The van der Waals surface area contributed by atoms with Crippen LogP contribution < -0.4 is 16.0 Å². The summed E-state index contributed by atoms with van der Waals surface area (Å²) in [6, 6.07) is 7.23. The highest BCUT2D eigenvalue weighted by Gasteiger charge is 2.09. The van der Waals surface area contributed by atoms with Gasteiger partial charge < -0.3 is 20.5 Å². The summed E-state index contributed by atoms with van der Waals surface area (Å²) in [5.74, 6) is 1.17. The van der Waals surface area contributed by atoms with Crippen LogP contribution in [0.25, 0.3) is 0 Å². The lowest BCUT2D eigenvalue weighted by Gasteiger charge is -2.12. The molecular weight excluding hydrogens is 330 g/mol. The van der Waals surface area contributed by atoms with Crippen LogP contribution in [0.15, 0.2) is 36.7 Å². The van der Waals surface area contributed by atoms with Crippen LogP contribution in [-0.4, -0.2) is 34.6 Å². The smallest absolute Gasteiger partial charge is 0.319 e. The molecule has 0 aliphatic rings. The Morgan fingerprint density at radius 1 is 1.23 bits per heavy atom. The van der Waals surface area contributed by atoms with E-state index in [1.54, 1.807) is 6.20 Å². The number of anilines is 1. The van der Waals surface area contributed by atoms with Crippen LogP contribution in [0, 0.1) is 0 Å². The number of hydrogen-bond donors (Lipinski definition) is 3. The topological polar surface area (TPSA) is 88.0 Å². The van der Waals surface area contributed by atoms with E-state index in [1.165, 1.54) is 0 Å². The summed E-state index contributed by atoms with van der Waals surface area (Å²) in [5.41, 5.74) is 1.74. The Bertz CT molecular complexity index is 739. The van der Waals surface area contributed by atoms with Gasteiger partial charge in [0.1, 0.15) is 5.82 Å². The van der Waals surface area contributed by atoms with Gasteiger partial charge in [-0.05, 0) is 24.1 Å². The molecule has 3 amide bonds. The molecule has 7 heteroatoms. The van der Waals surface area contributed by atoms with Crippen LogP contribution in [0.4, 0.5) is 10.5 Å². The molecule has 1 aromatic heterocycles. The first kappa shape index (κ1) is 19.5. The summed E-state index contributed by atoms with van der Waals surface area (Å²) >= 11 is 0. The molecule has 1 aromatic carbocycles. The third kappa shape index (κ3) is 5.91. The number of amides is 3. The van der Waals surface area contributed by atoms with Gasteiger partial charge in [0, 0.05) is 37.1 Å². The first-order chi connectivity index (χ1) is 12.5. The zero-order valence-corrected chi connectivity index (χ0v) is 15.6. The van der Waals surface area contributed by atoms with Crippen LogP contribution >= 0.6 is 0 Å². The average molecular weight is 357 g/mol. The second-order valence-electron chi connectivity index (χ2n) is 6.43. The van der Waals surface area contributed by atoms with Crippen molar-refractivity contribution in [1.29, 1.82) is 0 Å². The fourth-order valence-electron chi connectivity index (χ4n) is 2.56. The number of urea groups is 1. The van der Waals surface area contributed by atoms with E-state index in [1.807, 2.05) is 37.4 Å². The molecule has 0 saturated heterocycles. The molecule has 0 saturated carbocycles. The van der Waals surface area contributed by atoms with E-state index in [0.717, 1.165) is 17.8 Å². The van der Waals surface area contributed by atoms with Gasteiger partial charge >= 0.3 is 6.03 Å². The molecule has 7 nitrogen and oxygen atoms in total. The number of imidazole rings is 1. The van der Waals surface area contributed by atoms with E-state index in [-0.39, 0.29) is 12.5 Å². The fourth-order valence-corrected chi connectivity index (χ4v) is 2.56. The van der Waals surface area contributed by atoms with Crippen molar-refractivity contribution in [2.24, 2.45) is 0 Å². The number of hydrogen-bond acceptors (Lipinski definition) is 3.